The number of nitrogens with one attached hydrogen (secondary N) is 1. The lowest BCUT2D eigenvalue weighted by Gasteiger charge is -2.21. The Hall–Kier alpha value is -1.59. The predicted molar refractivity (Wildman–Crippen MR) is 69.9 cm³/mol. The van der Waals surface area contributed by atoms with Crippen molar-refractivity contribution in [3.63, 3.8) is 0 Å². The highest BCUT2D eigenvalue weighted by Crippen LogP contribution is 2.23. The molecule has 1 aromatic carbocycles. The van der Waals surface area contributed by atoms with Crippen molar-refractivity contribution in [2.45, 2.75) is 13.8 Å². The highest BCUT2D eigenvalue weighted by Gasteiger charge is 2.27. The number of rotatable bonds is 4. The number of carboxylic acids is 1. The van der Waals surface area contributed by atoms with E-state index in [4.69, 9.17) is 22.4 Å². The summed E-state index contributed by atoms with van der Waals surface area (Å²) in [6.45, 7) is 3.52. The van der Waals surface area contributed by atoms with Crippen LogP contribution in [0.3, 0.4) is 0 Å². The largest absolute Gasteiger partial charge is 0.478 e. The van der Waals surface area contributed by atoms with Crippen LogP contribution in [0.5, 0.6) is 0 Å². The van der Waals surface area contributed by atoms with Gasteiger partial charge in [0, 0.05) is 11.6 Å². The van der Waals surface area contributed by atoms with Gasteiger partial charge >= 0.3 is 5.97 Å². The van der Waals surface area contributed by atoms with Gasteiger partial charge in [-0.1, -0.05) is 11.6 Å². The Morgan fingerprint density at radius 1 is 1.44 bits per heavy atom. The molecule has 1 amide bonds. The minimum atomic E-state index is -1.15. The summed E-state index contributed by atoms with van der Waals surface area (Å²) >= 11 is 5.72. The molecule has 0 spiro atoms. The molecule has 0 atom stereocenters. The number of hydrogen-bond acceptors (Lipinski definition) is 3. The van der Waals surface area contributed by atoms with Crippen LogP contribution < -0.4 is 11.1 Å². The van der Waals surface area contributed by atoms with Crippen molar-refractivity contribution in [2.24, 2.45) is 11.1 Å². The number of nitrogens with two attached hydrogens (primary N) is 1. The topological polar surface area (TPSA) is 92.4 Å². The van der Waals surface area contributed by atoms with Crippen molar-refractivity contribution < 1.29 is 14.7 Å². The average Bonchev–Trinajstić information content (AvgIpc) is 2.31. The fourth-order valence-corrected chi connectivity index (χ4v) is 1.36. The highest BCUT2D eigenvalue weighted by atomic mass is 35.5. The molecule has 0 saturated carbocycles. The first-order chi connectivity index (χ1) is 8.27. The van der Waals surface area contributed by atoms with Gasteiger partial charge in [0.15, 0.2) is 0 Å². The molecule has 0 saturated heterocycles. The Balaban J connectivity index is 3.05. The third kappa shape index (κ3) is 3.21. The number of amides is 1. The van der Waals surface area contributed by atoms with Gasteiger partial charge in [-0.15, -0.1) is 0 Å². The van der Waals surface area contributed by atoms with Gasteiger partial charge in [-0.05, 0) is 32.0 Å². The van der Waals surface area contributed by atoms with Gasteiger partial charge in [0.1, 0.15) is 0 Å². The molecule has 0 aliphatic carbocycles. The van der Waals surface area contributed by atoms with Gasteiger partial charge < -0.3 is 16.2 Å². The van der Waals surface area contributed by atoms with Crippen LogP contribution in [0.25, 0.3) is 0 Å². The molecule has 0 heterocycles. The molecule has 6 heteroatoms. The first-order valence-electron chi connectivity index (χ1n) is 5.32. The Morgan fingerprint density at radius 2 is 2.06 bits per heavy atom. The number of anilines is 1. The van der Waals surface area contributed by atoms with Crippen molar-refractivity contribution in [1.29, 1.82) is 0 Å². The number of benzene rings is 1. The molecule has 1 rings (SSSR count). The van der Waals surface area contributed by atoms with Gasteiger partial charge in [-0.25, -0.2) is 4.79 Å². The number of carbonyl (C=O) groups excluding carboxylic acids is 1. The Bertz CT molecular complexity index is 486. The van der Waals surface area contributed by atoms with Crippen LogP contribution in [0.2, 0.25) is 5.02 Å². The molecule has 0 unspecified atom stereocenters. The molecule has 5 nitrogen and oxygen atoms in total. The van der Waals surface area contributed by atoms with Crippen LogP contribution in [0.1, 0.15) is 24.2 Å². The quantitative estimate of drug-likeness (QED) is 0.780. The van der Waals surface area contributed by atoms with Crippen LogP contribution in [0.15, 0.2) is 18.2 Å². The summed E-state index contributed by atoms with van der Waals surface area (Å²) in [5.41, 5.74) is 4.87. The third-order valence-corrected chi connectivity index (χ3v) is 2.82. The zero-order chi connectivity index (χ0) is 13.9. The predicted octanol–water partition coefficient (Wildman–Crippen LogP) is 1.96. The van der Waals surface area contributed by atoms with E-state index in [-0.39, 0.29) is 23.7 Å². The van der Waals surface area contributed by atoms with Crippen molar-refractivity contribution in [2.75, 3.05) is 11.9 Å². The van der Waals surface area contributed by atoms with E-state index in [1.165, 1.54) is 18.2 Å². The summed E-state index contributed by atoms with van der Waals surface area (Å²) in [5.74, 6) is -1.49. The minimum Gasteiger partial charge on any atom is -0.478 e. The van der Waals surface area contributed by atoms with E-state index in [0.29, 0.717) is 5.02 Å². The second-order valence-corrected chi connectivity index (χ2v) is 4.97. The average molecular weight is 271 g/mol. The van der Waals surface area contributed by atoms with E-state index >= 15 is 0 Å². The van der Waals surface area contributed by atoms with E-state index in [0.717, 1.165) is 0 Å². The SMILES string of the molecule is CC(C)(CN)C(=O)Nc1ccc(Cl)cc1C(=O)O. The zero-order valence-electron chi connectivity index (χ0n) is 10.2. The third-order valence-electron chi connectivity index (χ3n) is 2.59. The summed E-state index contributed by atoms with van der Waals surface area (Å²) < 4.78 is 0. The van der Waals surface area contributed by atoms with E-state index in [1.54, 1.807) is 13.8 Å². The van der Waals surface area contributed by atoms with Crippen LogP contribution >= 0.6 is 11.6 Å². The monoisotopic (exact) mass is 270 g/mol. The fourth-order valence-electron chi connectivity index (χ4n) is 1.19. The molecule has 1 aromatic rings. The molecular formula is C12H15ClN2O3. The highest BCUT2D eigenvalue weighted by molar-refractivity contribution is 6.31. The molecule has 4 N–H and O–H groups in total. The second kappa shape index (κ2) is 5.37. The fraction of sp³-hybridized carbons (Fsp3) is 0.333. The maximum atomic E-state index is 11.9. The number of carbonyl (C=O) groups is 2. The molecule has 0 fully saturated rings. The molecule has 98 valence electrons. The lowest BCUT2D eigenvalue weighted by atomic mass is 9.92. The smallest absolute Gasteiger partial charge is 0.337 e. The van der Waals surface area contributed by atoms with Crippen molar-refractivity contribution in [1.82, 2.24) is 0 Å². The maximum Gasteiger partial charge on any atom is 0.337 e. The van der Waals surface area contributed by atoms with Crippen molar-refractivity contribution in [3.05, 3.63) is 28.8 Å². The zero-order valence-corrected chi connectivity index (χ0v) is 10.9. The molecule has 18 heavy (non-hydrogen) atoms. The summed E-state index contributed by atoms with van der Waals surface area (Å²) in [5, 5.41) is 11.9. The second-order valence-electron chi connectivity index (χ2n) is 4.54. The molecular weight excluding hydrogens is 256 g/mol. The standard InChI is InChI=1S/C12H15ClN2O3/c1-12(2,6-14)11(18)15-9-4-3-7(13)5-8(9)10(16)17/h3-5H,6,14H2,1-2H3,(H,15,18)(H,16,17). The lowest BCUT2D eigenvalue weighted by Crippen LogP contribution is -2.37. The van der Waals surface area contributed by atoms with Gasteiger partial charge in [-0.3, -0.25) is 4.79 Å². The van der Waals surface area contributed by atoms with E-state index in [1.807, 2.05) is 0 Å². The summed E-state index contributed by atoms with van der Waals surface area (Å²) in [6, 6.07) is 4.25. The summed E-state index contributed by atoms with van der Waals surface area (Å²) in [6.07, 6.45) is 0. The number of aromatic carboxylic acids is 1. The van der Waals surface area contributed by atoms with Crippen LogP contribution in [-0.4, -0.2) is 23.5 Å². The van der Waals surface area contributed by atoms with Crippen LogP contribution in [0, 0.1) is 5.41 Å². The van der Waals surface area contributed by atoms with Crippen LogP contribution in [0.4, 0.5) is 5.69 Å². The van der Waals surface area contributed by atoms with Gasteiger partial charge in [0.2, 0.25) is 5.91 Å². The van der Waals surface area contributed by atoms with Gasteiger partial charge in [0.05, 0.1) is 16.7 Å². The normalized spacial score (nSPS) is 11.1. The number of hydrogen-bond donors (Lipinski definition) is 3. The summed E-state index contributed by atoms with van der Waals surface area (Å²) in [7, 11) is 0. The Morgan fingerprint density at radius 3 is 2.56 bits per heavy atom. The summed E-state index contributed by atoms with van der Waals surface area (Å²) in [4.78, 5) is 22.9. The van der Waals surface area contributed by atoms with Gasteiger partial charge in [0.25, 0.3) is 0 Å². The van der Waals surface area contributed by atoms with Crippen LogP contribution in [-0.2, 0) is 4.79 Å². The van der Waals surface area contributed by atoms with Gasteiger partial charge in [-0.2, -0.15) is 0 Å². The lowest BCUT2D eigenvalue weighted by molar-refractivity contribution is -0.123. The maximum absolute atomic E-state index is 11.9. The number of halogens is 1. The Labute approximate surface area is 110 Å². The molecule has 0 bridgehead atoms. The first kappa shape index (κ1) is 14.5. The minimum absolute atomic E-state index is 0.0522. The molecule has 0 radical (unpaired) electrons. The van der Waals surface area contributed by atoms with Crippen molar-refractivity contribution in [3.8, 4) is 0 Å². The Kier molecular flexibility index (Phi) is 4.32. The molecule has 0 aromatic heterocycles. The first-order valence-corrected chi connectivity index (χ1v) is 5.70. The van der Waals surface area contributed by atoms with E-state index < -0.39 is 11.4 Å². The molecule has 0 aliphatic heterocycles. The van der Waals surface area contributed by atoms with Crippen molar-refractivity contribution >= 4 is 29.2 Å². The molecule has 0 aliphatic rings. The van der Waals surface area contributed by atoms with E-state index in [9.17, 15) is 9.59 Å². The number of carboxylic acid groups (broad SMARTS) is 1. The van der Waals surface area contributed by atoms with E-state index in [2.05, 4.69) is 5.32 Å².